The Hall–Kier alpha value is -1.73. The van der Waals surface area contributed by atoms with Crippen LogP contribution in [0.5, 0.6) is 0 Å². The predicted octanol–water partition coefficient (Wildman–Crippen LogP) is 2.43. The summed E-state index contributed by atoms with van der Waals surface area (Å²) in [4.78, 5) is 12.0. The number of rotatable bonds is 5. The van der Waals surface area contributed by atoms with Crippen LogP contribution >= 0.6 is 0 Å². The first kappa shape index (κ1) is 18.1. The first-order valence-corrected chi connectivity index (χ1v) is 10.4. The van der Waals surface area contributed by atoms with E-state index in [1.165, 1.54) is 37.8 Å². The van der Waals surface area contributed by atoms with Gasteiger partial charge in [0.2, 0.25) is 10.0 Å². The highest BCUT2D eigenvalue weighted by molar-refractivity contribution is 7.89. The number of carbonyl (C=O) groups excluding carboxylic acids is 1. The lowest BCUT2D eigenvalue weighted by Gasteiger charge is -2.35. The molecular formula is C18H25N3O3S. The number of nitrogens with one attached hydrogen (secondary N) is 2. The molecule has 2 saturated carbocycles. The zero-order chi connectivity index (χ0) is 17.7. The van der Waals surface area contributed by atoms with E-state index in [0.717, 1.165) is 30.9 Å². The standard InChI is InChI=1S/C18H25N3O3S/c22-18(13-19-25(23,24)17-8-2-1-3-9-17)21-20-16-11-10-14-6-4-5-7-15(14)12-16/h1-3,8-9,14-15,19H,4-7,10-13H2,(H,21,22)/b20-16-/t14-,15+/m0/s1. The largest absolute Gasteiger partial charge is 0.272 e. The van der Waals surface area contributed by atoms with Gasteiger partial charge in [-0.1, -0.05) is 37.5 Å². The summed E-state index contributed by atoms with van der Waals surface area (Å²) in [6, 6.07) is 8.00. The summed E-state index contributed by atoms with van der Waals surface area (Å²) < 4.78 is 26.4. The van der Waals surface area contributed by atoms with E-state index in [1.807, 2.05) is 0 Å². The minimum atomic E-state index is -3.67. The van der Waals surface area contributed by atoms with Gasteiger partial charge in [-0.3, -0.25) is 4.79 Å². The van der Waals surface area contributed by atoms with Crippen molar-refractivity contribution in [3.05, 3.63) is 30.3 Å². The minimum Gasteiger partial charge on any atom is -0.272 e. The van der Waals surface area contributed by atoms with E-state index >= 15 is 0 Å². The number of nitrogens with zero attached hydrogens (tertiary/aromatic N) is 1. The molecule has 1 aromatic rings. The van der Waals surface area contributed by atoms with Gasteiger partial charge in [0.25, 0.3) is 5.91 Å². The van der Waals surface area contributed by atoms with Crippen molar-refractivity contribution in [3.8, 4) is 0 Å². The quantitative estimate of drug-likeness (QED) is 0.788. The molecule has 0 heterocycles. The number of hydrazone groups is 1. The number of amides is 1. The first-order chi connectivity index (χ1) is 12.0. The zero-order valence-electron chi connectivity index (χ0n) is 14.3. The van der Waals surface area contributed by atoms with Crippen molar-refractivity contribution in [3.63, 3.8) is 0 Å². The Labute approximate surface area is 149 Å². The number of benzene rings is 1. The lowest BCUT2D eigenvalue weighted by Crippen LogP contribution is -2.36. The van der Waals surface area contributed by atoms with Gasteiger partial charge < -0.3 is 0 Å². The molecule has 2 aliphatic carbocycles. The maximum absolute atomic E-state index is 12.1. The first-order valence-electron chi connectivity index (χ1n) is 8.93. The summed E-state index contributed by atoms with van der Waals surface area (Å²) in [6.07, 6.45) is 8.26. The summed E-state index contributed by atoms with van der Waals surface area (Å²) in [5, 5.41) is 4.23. The molecule has 2 atom stereocenters. The summed E-state index contributed by atoms with van der Waals surface area (Å²) in [7, 11) is -3.67. The Morgan fingerprint density at radius 2 is 1.80 bits per heavy atom. The Morgan fingerprint density at radius 1 is 1.08 bits per heavy atom. The second-order valence-electron chi connectivity index (χ2n) is 6.90. The Morgan fingerprint density at radius 3 is 2.56 bits per heavy atom. The number of sulfonamides is 1. The monoisotopic (exact) mass is 363 g/mol. The molecule has 2 N–H and O–H groups in total. The molecule has 0 bridgehead atoms. The van der Waals surface area contributed by atoms with E-state index < -0.39 is 15.9 Å². The van der Waals surface area contributed by atoms with Gasteiger partial charge in [0.05, 0.1) is 11.4 Å². The normalized spacial score (nSPS) is 25.4. The molecule has 7 heteroatoms. The van der Waals surface area contributed by atoms with Crippen molar-refractivity contribution in [1.82, 2.24) is 10.1 Å². The molecule has 0 unspecified atom stereocenters. The topological polar surface area (TPSA) is 87.6 Å². The third-order valence-electron chi connectivity index (χ3n) is 5.18. The van der Waals surface area contributed by atoms with Crippen molar-refractivity contribution >= 4 is 21.6 Å². The smallest absolute Gasteiger partial charge is 0.255 e. The Bertz CT molecular complexity index is 731. The van der Waals surface area contributed by atoms with Crippen LogP contribution in [-0.2, 0) is 14.8 Å². The van der Waals surface area contributed by atoms with Gasteiger partial charge in [0, 0.05) is 5.71 Å². The fraction of sp³-hybridized carbons (Fsp3) is 0.556. The number of hydrogen-bond donors (Lipinski definition) is 2. The highest BCUT2D eigenvalue weighted by Gasteiger charge is 2.30. The lowest BCUT2D eigenvalue weighted by atomic mass is 9.70. The van der Waals surface area contributed by atoms with E-state index in [9.17, 15) is 13.2 Å². The fourth-order valence-corrected chi connectivity index (χ4v) is 4.82. The second-order valence-corrected chi connectivity index (χ2v) is 8.66. The molecule has 0 aliphatic heterocycles. The van der Waals surface area contributed by atoms with Crippen LogP contribution in [0.4, 0.5) is 0 Å². The number of carbonyl (C=O) groups is 1. The Balaban J connectivity index is 1.48. The molecule has 3 rings (SSSR count). The SMILES string of the molecule is O=C(CNS(=O)(=O)c1ccccc1)N/N=C1/CC[C@@H]2CCCC[C@@H]2C1. The van der Waals surface area contributed by atoms with Crippen LogP contribution in [0.25, 0.3) is 0 Å². The van der Waals surface area contributed by atoms with Crippen LogP contribution in [0, 0.1) is 11.8 Å². The fourth-order valence-electron chi connectivity index (χ4n) is 3.82. The Kier molecular flexibility index (Phi) is 5.86. The van der Waals surface area contributed by atoms with Gasteiger partial charge in [-0.15, -0.1) is 0 Å². The molecule has 2 aliphatic rings. The molecule has 0 spiro atoms. The van der Waals surface area contributed by atoms with Crippen LogP contribution in [-0.4, -0.2) is 26.6 Å². The molecule has 1 amide bonds. The highest BCUT2D eigenvalue weighted by atomic mass is 32.2. The highest BCUT2D eigenvalue weighted by Crippen LogP contribution is 2.39. The van der Waals surface area contributed by atoms with Crippen molar-refractivity contribution in [2.45, 2.75) is 49.8 Å². The van der Waals surface area contributed by atoms with E-state index in [4.69, 9.17) is 0 Å². The van der Waals surface area contributed by atoms with E-state index in [2.05, 4.69) is 15.2 Å². The molecule has 2 fully saturated rings. The molecule has 0 saturated heterocycles. The van der Waals surface area contributed by atoms with Crippen molar-refractivity contribution in [2.75, 3.05) is 6.54 Å². The predicted molar refractivity (Wildman–Crippen MR) is 96.5 cm³/mol. The van der Waals surface area contributed by atoms with Crippen molar-refractivity contribution in [1.29, 1.82) is 0 Å². The van der Waals surface area contributed by atoms with E-state index in [0.29, 0.717) is 5.92 Å². The maximum atomic E-state index is 12.1. The molecule has 25 heavy (non-hydrogen) atoms. The third-order valence-corrected chi connectivity index (χ3v) is 6.60. The van der Waals surface area contributed by atoms with Crippen LogP contribution in [0.1, 0.15) is 44.9 Å². The van der Waals surface area contributed by atoms with Gasteiger partial charge in [-0.2, -0.15) is 5.10 Å². The van der Waals surface area contributed by atoms with Gasteiger partial charge >= 0.3 is 0 Å². The molecular weight excluding hydrogens is 338 g/mol. The molecule has 6 nitrogen and oxygen atoms in total. The van der Waals surface area contributed by atoms with Gasteiger partial charge in [-0.05, 0) is 49.7 Å². The number of fused-ring (bicyclic) bond motifs is 1. The van der Waals surface area contributed by atoms with Crippen molar-refractivity contribution in [2.24, 2.45) is 16.9 Å². The van der Waals surface area contributed by atoms with Crippen molar-refractivity contribution < 1.29 is 13.2 Å². The van der Waals surface area contributed by atoms with E-state index in [1.54, 1.807) is 18.2 Å². The average Bonchev–Trinajstić information content (AvgIpc) is 2.65. The maximum Gasteiger partial charge on any atom is 0.255 e. The van der Waals surface area contributed by atoms with E-state index in [-0.39, 0.29) is 11.4 Å². The zero-order valence-corrected chi connectivity index (χ0v) is 15.1. The lowest BCUT2D eigenvalue weighted by molar-refractivity contribution is -0.119. The van der Waals surface area contributed by atoms with Crippen LogP contribution in [0.2, 0.25) is 0 Å². The summed E-state index contributed by atoms with van der Waals surface area (Å²) >= 11 is 0. The number of hydrogen-bond acceptors (Lipinski definition) is 4. The minimum absolute atomic E-state index is 0.143. The summed E-state index contributed by atoms with van der Waals surface area (Å²) in [5.74, 6) is 1.08. The average molecular weight is 363 g/mol. The third kappa shape index (κ3) is 4.89. The van der Waals surface area contributed by atoms with Gasteiger partial charge in [0.15, 0.2) is 0 Å². The molecule has 0 radical (unpaired) electrons. The second kappa shape index (κ2) is 8.10. The van der Waals surface area contributed by atoms with Gasteiger partial charge in [-0.25, -0.2) is 18.6 Å². The van der Waals surface area contributed by atoms with Crippen LogP contribution in [0.3, 0.4) is 0 Å². The molecule has 136 valence electrons. The summed E-state index contributed by atoms with van der Waals surface area (Å²) in [5.41, 5.74) is 3.52. The van der Waals surface area contributed by atoms with Crippen LogP contribution in [0.15, 0.2) is 40.3 Å². The van der Waals surface area contributed by atoms with Gasteiger partial charge in [0.1, 0.15) is 0 Å². The molecule has 0 aromatic heterocycles. The molecule has 1 aromatic carbocycles. The summed E-state index contributed by atoms with van der Waals surface area (Å²) in [6.45, 7) is -0.319. The van der Waals surface area contributed by atoms with Crippen LogP contribution < -0.4 is 10.1 Å².